The second-order valence-corrected chi connectivity index (χ2v) is 6.00. The van der Waals surface area contributed by atoms with Crippen molar-refractivity contribution in [1.82, 2.24) is 10.2 Å². The molecule has 0 aromatic carbocycles. The lowest BCUT2D eigenvalue weighted by Crippen LogP contribution is -2.41. The van der Waals surface area contributed by atoms with Crippen LogP contribution in [0, 0.1) is 0 Å². The average molecular weight is 326 g/mol. The molecule has 0 unspecified atom stereocenters. The summed E-state index contributed by atoms with van der Waals surface area (Å²) >= 11 is 0. The number of carbonyl (C=O) groups excluding carboxylic acids is 1. The van der Waals surface area contributed by atoms with Crippen LogP contribution in [0.1, 0.15) is 51.9 Å². The Morgan fingerprint density at radius 1 is 1.22 bits per heavy atom. The molecule has 1 heterocycles. The molecule has 0 bridgehead atoms. The van der Waals surface area contributed by atoms with Crippen molar-refractivity contribution < 1.29 is 14.3 Å². The molecule has 134 valence electrons. The standard InChI is InChI=1S/C18H34N2O3/c1-3-5-12-19-13-8-6-7-9-16-23-17-10-14-20(15-11-17)18(21)22-4-2/h3,17,19H,1,4-16H2,2H3. The van der Waals surface area contributed by atoms with E-state index in [1.807, 2.05) is 13.0 Å². The van der Waals surface area contributed by atoms with E-state index in [0.29, 0.717) is 12.7 Å². The molecule has 0 aliphatic carbocycles. The molecule has 1 aliphatic heterocycles. The Hall–Kier alpha value is -1.07. The molecule has 0 aromatic heterocycles. The third-order valence-corrected chi connectivity index (χ3v) is 4.09. The topological polar surface area (TPSA) is 50.8 Å². The average Bonchev–Trinajstić information content (AvgIpc) is 2.57. The van der Waals surface area contributed by atoms with Crippen LogP contribution in [-0.2, 0) is 9.47 Å². The molecule has 1 saturated heterocycles. The Balaban J connectivity index is 1.89. The van der Waals surface area contributed by atoms with Crippen LogP contribution in [0.2, 0.25) is 0 Å². The molecule has 1 N–H and O–H groups in total. The highest BCUT2D eigenvalue weighted by Gasteiger charge is 2.23. The lowest BCUT2D eigenvalue weighted by Gasteiger charge is -2.31. The van der Waals surface area contributed by atoms with E-state index in [1.54, 1.807) is 4.90 Å². The fourth-order valence-electron chi connectivity index (χ4n) is 2.70. The molecule has 1 fully saturated rings. The predicted octanol–water partition coefficient (Wildman–Crippen LogP) is 3.35. The summed E-state index contributed by atoms with van der Waals surface area (Å²) in [6.07, 6.45) is 9.80. The molecule has 5 heteroatoms. The van der Waals surface area contributed by atoms with E-state index in [-0.39, 0.29) is 6.09 Å². The van der Waals surface area contributed by atoms with Crippen molar-refractivity contribution in [3.8, 4) is 0 Å². The maximum absolute atomic E-state index is 11.6. The van der Waals surface area contributed by atoms with Crippen LogP contribution < -0.4 is 5.32 Å². The smallest absolute Gasteiger partial charge is 0.409 e. The zero-order valence-electron chi connectivity index (χ0n) is 14.7. The molecule has 5 nitrogen and oxygen atoms in total. The molecule has 0 radical (unpaired) electrons. The summed E-state index contributed by atoms with van der Waals surface area (Å²) in [6, 6.07) is 0. The van der Waals surface area contributed by atoms with Crippen molar-refractivity contribution in [3.05, 3.63) is 12.7 Å². The van der Waals surface area contributed by atoms with Crippen LogP contribution in [0.4, 0.5) is 4.79 Å². The number of nitrogens with one attached hydrogen (secondary N) is 1. The molecule has 0 saturated carbocycles. The third kappa shape index (κ3) is 9.61. The van der Waals surface area contributed by atoms with Crippen LogP contribution in [0.25, 0.3) is 0 Å². The van der Waals surface area contributed by atoms with Gasteiger partial charge in [0.1, 0.15) is 0 Å². The molecular formula is C18H34N2O3. The maximum atomic E-state index is 11.6. The number of unbranched alkanes of at least 4 members (excludes halogenated alkanes) is 3. The predicted molar refractivity (Wildman–Crippen MR) is 93.7 cm³/mol. The first kappa shape index (κ1) is 20.0. The van der Waals surface area contributed by atoms with E-state index in [2.05, 4.69) is 11.9 Å². The van der Waals surface area contributed by atoms with E-state index in [0.717, 1.165) is 58.5 Å². The number of carbonyl (C=O) groups is 1. The fraction of sp³-hybridized carbons (Fsp3) is 0.833. The number of hydrogen-bond acceptors (Lipinski definition) is 4. The number of rotatable bonds is 12. The van der Waals surface area contributed by atoms with Gasteiger partial charge in [-0.3, -0.25) is 0 Å². The van der Waals surface area contributed by atoms with Crippen LogP contribution >= 0.6 is 0 Å². The molecular weight excluding hydrogens is 292 g/mol. The Morgan fingerprint density at radius 3 is 2.65 bits per heavy atom. The molecule has 23 heavy (non-hydrogen) atoms. The van der Waals surface area contributed by atoms with Crippen LogP contribution in [-0.4, -0.2) is 56.5 Å². The van der Waals surface area contributed by atoms with Gasteiger partial charge in [0.15, 0.2) is 0 Å². The van der Waals surface area contributed by atoms with Gasteiger partial charge in [0, 0.05) is 19.7 Å². The third-order valence-electron chi connectivity index (χ3n) is 4.09. The van der Waals surface area contributed by atoms with Crippen molar-refractivity contribution in [2.24, 2.45) is 0 Å². The summed E-state index contributed by atoms with van der Waals surface area (Å²) < 4.78 is 10.9. The molecule has 0 spiro atoms. The minimum atomic E-state index is -0.187. The van der Waals surface area contributed by atoms with Gasteiger partial charge >= 0.3 is 6.09 Å². The quantitative estimate of drug-likeness (QED) is 0.441. The minimum absolute atomic E-state index is 0.187. The summed E-state index contributed by atoms with van der Waals surface area (Å²) in [5.74, 6) is 0. The summed E-state index contributed by atoms with van der Waals surface area (Å²) in [5, 5.41) is 3.41. The Bertz CT molecular complexity index is 315. The summed E-state index contributed by atoms with van der Waals surface area (Å²) in [4.78, 5) is 13.4. The molecule has 0 aromatic rings. The number of ether oxygens (including phenoxy) is 2. The number of likely N-dealkylation sites (tertiary alicyclic amines) is 1. The van der Waals surface area contributed by atoms with Crippen molar-refractivity contribution in [3.63, 3.8) is 0 Å². The lowest BCUT2D eigenvalue weighted by atomic mass is 10.1. The first-order valence-electron chi connectivity index (χ1n) is 9.12. The zero-order chi connectivity index (χ0) is 16.8. The van der Waals surface area contributed by atoms with E-state index in [1.165, 1.54) is 19.3 Å². The Labute approximate surface area is 141 Å². The number of nitrogens with zero attached hydrogens (tertiary/aromatic N) is 1. The van der Waals surface area contributed by atoms with E-state index < -0.39 is 0 Å². The molecule has 1 rings (SSSR count). The van der Waals surface area contributed by atoms with Gasteiger partial charge in [0.05, 0.1) is 12.7 Å². The summed E-state index contributed by atoms with van der Waals surface area (Å²) in [5.41, 5.74) is 0. The monoisotopic (exact) mass is 326 g/mol. The maximum Gasteiger partial charge on any atom is 0.409 e. The molecule has 1 amide bonds. The lowest BCUT2D eigenvalue weighted by molar-refractivity contribution is 0.00487. The van der Waals surface area contributed by atoms with Gasteiger partial charge in [0.2, 0.25) is 0 Å². The largest absolute Gasteiger partial charge is 0.450 e. The van der Waals surface area contributed by atoms with Crippen molar-refractivity contribution in [2.45, 2.75) is 58.0 Å². The summed E-state index contributed by atoms with van der Waals surface area (Å²) in [7, 11) is 0. The van der Waals surface area contributed by atoms with Gasteiger partial charge in [-0.25, -0.2) is 4.79 Å². The number of piperidine rings is 1. The van der Waals surface area contributed by atoms with E-state index in [4.69, 9.17) is 9.47 Å². The van der Waals surface area contributed by atoms with Crippen LogP contribution in [0.15, 0.2) is 12.7 Å². The Morgan fingerprint density at radius 2 is 1.96 bits per heavy atom. The van der Waals surface area contributed by atoms with Crippen molar-refractivity contribution >= 4 is 6.09 Å². The van der Waals surface area contributed by atoms with E-state index in [9.17, 15) is 4.79 Å². The molecule has 0 atom stereocenters. The normalized spacial score (nSPS) is 15.6. The summed E-state index contributed by atoms with van der Waals surface area (Å²) in [6.45, 7) is 10.5. The Kier molecular flexibility index (Phi) is 11.6. The highest BCUT2D eigenvalue weighted by molar-refractivity contribution is 5.67. The minimum Gasteiger partial charge on any atom is -0.450 e. The number of amides is 1. The van der Waals surface area contributed by atoms with Gasteiger partial charge in [-0.2, -0.15) is 0 Å². The van der Waals surface area contributed by atoms with Gasteiger partial charge in [0.25, 0.3) is 0 Å². The highest BCUT2D eigenvalue weighted by Crippen LogP contribution is 2.15. The van der Waals surface area contributed by atoms with Crippen molar-refractivity contribution in [1.29, 1.82) is 0 Å². The van der Waals surface area contributed by atoms with Crippen LogP contribution in [0.3, 0.4) is 0 Å². The zero-order valence-corrected chi connectivity index (χ0v) is 14.7. The first-order chi connectivity index (χ1) is 11.3. The number of hydrogen-bond donors (Lipinski definition) is 1. The van der Waals surface area contributed by atoms with Crippen LogP contribution in [0.5, 0.6) is 0 Å². The highest BCUT2D eigenvalue weighted by atomic mass is 16.6. The van der Waals surface area contributed by atoms with Gasteiger partial charge in [-0.15, -0.1) is 6.58 Å². The fourth-order valence-corrected chi connectivity index (χ4v) is 2.70. The van der Waals surface area contributed by atoms with Crippen molar-refractivity contribution in [2.75, 3.05) is 39.4 Å². The second-order valence-electron chi connectivity index (χ2n) is 6.00. The van der Waals surface area contributed by atoms with Gasteiger partial charge in [-0.1, -0.05) is 18.9 Å². The first-order valence-corrected chi connectivity index (χ1v) is 9.12. The van der Waals surface area contributed by atoms with E-state index >= 15 is 0 Å². The molecule has 1 aliphatic rings. The SMILES string of the molecule is C=CCCNCCCCCCOC1CCN(C(=O)OCC)CC1. The second kappa shape index (κ2) is 13.4. The van der Waals surface area contributed by atoms with Gasteiger partial charge < -0.3 is 19.7 Å². The van der Waals surface area contributed by atoms with Gasteiger partial charge in [-0.05, 0) is 52.1 Å².